The van der Waals surface area contributed by atoms with Crippen LogP contribution in [0.2, 0.25) is 0 Å². The summed E-state index contributed by atoms with van der Waals surface area (Å²) in [6, 6.07) is 1.22. The zero-order valence-corrected chi connectivity index (χ0v) is 10.2. The van der Waals surface area contributed by atoms with Crippen LogP contribution in [0.3, 0.4) is 0 Å². The third-order valence-corrected chi connectivity index (χ3v) is 3.07. The maximum atomic E-state index is 11.8. The topological polar surface area (TPSA) is 105 Å². The number of furan rings is 1. The molecule has 0 aliphatic rings. The first-order chi connectivity index (χ1) is 8.61. The largest absolute Gasteiger partial charge is 0.478 e. The van der Waals surface area contributed by atoms with Crippen molar-refractivity contribution in [2.24, 2.45) is 0 Å². The number of carboxylic acids is 1. The van der Waals surface area contributed by atoms with Gasteiger partial charge in [-0.05, 0) is 12.5 Å². The maximum Gasteiger partial charge on any atom is 0.339 e. The van der Waals surface area contributed by atoms with E-state index in [0.29, 0.717) is 11.6 Å². The number of nitrogens with one attached hydrogen (secondary N) is 1. The first-order valence-corrected chi connectivity index (χ1v) is 5.88. The van der Waals surface area contributed by atoms with Crippen molar-refractivity contribution in [2.45, 2.75) is 13.3 Å². The molecule has 1 amide bonds. The fourth-order valence-electron chi connectivity index (χ4n) is 1.25. The van der Waals surface area contributed by atoms with Gasteiger partial charge in [0.15, 0.2) is 0 Å². The summed E-state index contributed by atoms with van der Waals surface area (Å²) in [7, 11) is 0. The predicted octanol–water partition coefficient (Wildman–Crippen LogP) is 1.64. The van der Waals surface area contributed by atoms with E-state index < -0.39 is 11.9 Å². The maximum absolute atomic E-state index is 11.8. The zero-order chi connectivity index (χ0) is 13.1. The number of hydrogen-bond acceptors (Lipinski definition) is 6. The Kier molecular flexibility index (Phi) is 3.38. The molecule has 2 rings (SSSR count). The Morgan fingerprint density at radius 1 is 1.50 bits per heavy atom. The molecule has 0 radical (unpaired) electrons. The number of aromatic nitrogens is 2. The van der Waals surface area contributed by atoms with Crippen LogP contribution in [-0.2, 0) is 6.42 Å². The van der Waals surface area contributed by atoms with Crippen LogP contribution in [-0.4, -0.2) is 27.2 Å². The molecule has 94 valence electrons. The summed E-state index contributed by atoms with van der Waals surface area (Å²) in [5, 5.41) is 20.0. The molecule has 0 saturated carbocycles. The quantitative estimate of drug-likeness (QED) is 0.872. The fraction of sp³-hybridized carbons (Fsp3) is 0.200. The fourth-order valence-corrected chi connectivity index (χ4v) is 1.93. The van der Waals surface area contributed by atoms with E-state index in [2.05, 4.69) is 15.5 Å². The molecule has 0 atom stereocenters. The number of amides is 1. The lowest BCUT2D eigenvalue weighted by Crippen LogP contribution is -2.14. The van der Waals surface area contributed by atoms with Crippen LogP contribution in [0, 0.1) is 0 Å². The number of anilines is 1. The number of carbonyl (C=O) groups is 2. The van der Waals surface area contributed by atoms with Crippen molar-refractivity contribution in [3.05, 3.63) is 28.7 Å². The highest BCUT2D eigenvalue weighted by molar-refractivity contribution is 7.15. The summed E-state index contributed by atoms with van der Waals surface area (Å²) in [6.45, 7) is 1.92. The van der Waals surface area contributed by atoms with Crippen LogP contribution in [0.5, 0.6) is 0 Å². The van der Waals surface area contributed by atoms with Gasteiger partial charge < -0.3 is 9.52 Å². The van der Waals surface area contributed by atoms with E-state index in [9.17, 15) is 9.59 Å². The number of aryl methyl sites for hydroxylation is 1. The molecule has 0 fully saturated rings. The van der Waals surface area contributed by atoms with E-state index in [0.717, 1.165) is 11.3 Å². The Bertz CT molecular complexity index is 589. The van der Waals surface area contributed by atoms with Crippen molar-refractivity contribution in [3.8, 4) is 0 Å². The second kappa shape index (κ2) is 4.96. The molecule has 18 heavy (non-hydrogen) atoms. The van der Waals surface area contributed by atoms with E-state index in [-0.39, 0.29) is 11.3 Å². The van der Waals surface area contributed by atoms with Gasteiger partial charge in [0.2, 0.25) is 10.9 Å². The van der Waals surface area contributed by atoms with Gasteiger partial charge in [-0.3, -0.25) is 10.1 Å². The van der Waals surface area contributed by atoms with Crippen molar-refractivity contribution in [3.63, 3.8) is 0 Å². The van der Waals surface area contributed by atoms with E-state index in [1.807, 2.05) is 6.92 Å². The minimum atomic E-state index is -1.22. The highest BCUT2D eigenvalue weighted by Gasteiger charge is 2.21. The van der Waals surface area contributed by atoms with Gasteiger partial charge in [-0.1, -0.05) is 18.3 Å². The molecule has 0 bridgehead atoms. The van der Waals surface area contributed by atoms with Crippen LogP contribution in [0.25, 0.3) is 0 Å². The van der Waals surface area contributed by atoms with Gasteiger partial charge in [0, 0.05) is 0 Å². The van der Waals surface area contributed by atoms with Gasteiger partial charge in [0.1, 0.15) is 10.6 Å². The molecule has 0 spiro atoms. The molecule has 2 aromatic heterocycles. The van der Waals surface area contributed by atoms with Crippen molar-refractivity contribution >= 4 is 28.3 Å². The Balaban J connectivity index is 2.16. The lowest BCUT2D eigenvalue weighted by atomic mass is 10.2. The van der Waals surface area contributed by atoms with E-state index in [1.54, 1.807) is 0 Å². The second-order valence-corrected chi connectivity index (χ2v) is 4.34. The normalized spacial score (nSPS) is 10.3. The lowest BCUT2D eigenvalue weighted by molar-refractivity contribution is 0.0690. The number of carboxylic acid groups (broad SMARTS) is 1. The first-order valence-electron chi connectivity index (χ1n) is 5.06. The number of nitrogens with zero attached hydrogens (tertiary/aromatic N) is 2. The highest BCUT2D eigenvalue weighted by Crippen LogP contribution is 2.18. The minimum absolute atomic E-state index is 0.187. The zero-order valence-electron chi connectivity index (χ0n) is 9.34. The van der Waals surface area contributed by atoms with Crippen molar-refractivity contribution < 1.29 is 19.1 Å². The van der Waals surface area contributed by atoms with E-state index in [1.165, 1.54) is 17.4 Å². The summed E-state index contributed by atoms with van der Waals surface area (Å²) in [5.41, 5.74) is -0.187. The average Bonchev–Trinajstić information content (AvgIpc) is 2.96. The molecule has 2 heterocycles. The van der Waals surface area contributed by atoms with Gasteiger partial charge in [0.05, 0.1) is 6.26 Å². The highest BCUT2D eigenvalue weighted by atomic mass is 32.1. The molecular weight excluding hydrogens is 258 g/mol. The van der Waals surface area contributed by atoms with Crippen LogP contribution in [0.1, 0.15) is 32.8 Å². The van der Waals surface area contributed by atoms with Crippen LogP contribution >= 0.6 is 11.3 Å². The average molecular weight is 267 g/mol. The number of rotatable bonds is 4. The van der Waals surface area contributed by atoms with Gasteiger partial charge in [-0.15, -0.1) is 10.2 Å². The lowest BCUT2D eigenvalue weighted by Gasteiger charge is -1.98. The van der Waals surface area contributed by atoms with Crippen LogP contribution < -0.4 is 5.32 Å². The molecule has 2 aromatic rings. The minimum Gasteiger partial charge on any atom is -0.478 e. The standard InChI is InChI=1S/C10H9N3O4S/c1-2-6-12-13-10(18-6)11-8(14)7-5(9(15)16)3-4-17-7/h3-4H,2H2,1H3,(H,15,16)(H,11,13,14). The molecule has 2 N–H and O–H groups in total. The Morgan fingerprint density at radius 2 is 2.28 bits per heavy atom. The number of hydrogen-bond donors (Lipinski definition) is 2. The third kappa shape index (κ3) is 2.38. The summed E-state index contributed by atoms with van der Waals surface area (Å²) < 4.78 is 4.86. The molecule has 7 nitrogen and oxygen atoms in total. The van der Waals surface area contributed by atoms with Crippen molar-refractivity contribution in [2.75, 3.05) is 5.32 Å². The van der Waals surface area contributed by atoms with Gasteiger partial charge in [0.25, 0.3) is 5.91 Å². The smallest absolute Gasteiger partial charge is 0.339 e. The molecule has 0 saturated heterocycles. The molecular formula is C10H9N3O4S. The van der Waals surface area contributed by atoms with E-state index in [4.69, 9.17) is 9.52 Å². The van der Waals surface area contributed by atoms with Crippen molar-refractivity contribution in [1.29, 1.82) is 0 Å². The molecule has 8 heteroatoms. The summed E-state index contributed by atoms with van der Waals surface area (Å²) in [6.07, 6.45) is 1.87. The first kappa shape index (κ1) is 12.2. The van der Waals surface area contributed by atoms with Crippen molar-refractivity contribution in [1.82, 2.24) is 10.2 Å². The van der Waals surface area contributed by atoms with Gasteiger partial charge in [-0.25, -0.2) is 4.79 Å². The molecule has 0 aromatic carbocycles. The Morgan fingerprint density at radius 3 is 2.89 bits per heavy atom. The molecule has 0 unspecified atom stereocenters. The predicted molar refractivity (Wildman–Crippen MR) is 62.9 cm³/mol. The molecule has 0 aliphatic heterocycles. The summed E-state index contributed by atoms with van der Waals surface area (Å²) >= 11 is 1.23. The SMILES string of the molecule is CCc1nnc(NC(=O)c2occc2C(=O)O)s1. The number of aromatic carboxylic acids is 1. The molecule has 0 aliphatic carbocycles. The van der Waals surface area contributed by atoms with Crippen LogP contribution in [0.4, 0.5) is 5.13 Å². The number of carbonyl (C=O) groups excluding carboxylic acids is 1. The summed E-state index contributed by atoms with van der Waals surface area (Å²) in [4.78, 5) is 22.6. The Hall–Kier alpha value is -2.22. The second-order valence-electron chi connectivity index (χ2n) is 3.28. The Labute approximate surface area is 105 Å². The monoisotopic (exact) mass is 267 g/mol. The van der Waals surface area contributed by atoms with Crippen LogP contribution in [0.15, 0.2) is 16.7 Å². The summed E-state index contributed by atoms with van der Waals surface area (Å²) in [5.74, 6) is -2.13. The van der Waals surface area contributed by atoms with E-state index >= 15 is 0 Å². The third-order valence-electron chi connectivity index (χ3n) is 2.09. The van der Waals surface area contributed by atoms with Gasteiger partial charge in [-0.2, -0.15) is 0 Å². The van der Waals surface area contributed by atoms with Gasteiger partial charge >= 0.3 is 5.97 Å².